The molecule has 5 nitrogen and oxygen atoms in total. The Bertz CT molecular complexity index is 487. The highest BCUT2D eigenvalue weighted by Crippen LogP contribution is 2.21. The summed E-state index contributed by atoms with van der Waals surface area (Å²) in [7, 11) is 0. The second-order valence-corrected chi connectivity index (χ2v) is 5.34. The van der Waals surface area contributed by atoms with E-state index in [4.69, 9.17) is 0 Å². The maximum atomic E-state index is 12.3. The lowest BCUT2D eigenvalue weighted by atomic mass is 10.1. The van der Waals surface area contributed by atoms with Gasteiger partial charge in [0.15, 0.2) is 0 Å². The van der Waals surface area contributed by atoms with Gasteiger partial charge in [0.05, 0.1) is 6.20 Å². The molecule has 21 heavy (non-hydrogen) atoms. The minimum Gasteiger partial charge on any atom is -0.480 e. The van der Waals surface area contributed by atoms with E-state index in [1.807, 2.05) is 4.90 Å². The van der Waals surface area contributed by atoms with Crippen LogP contribution in [-0.4, -0.2) is 44.5 Å². The number of nitrogens with zero attached hydrogens (tertiary/aromatic N) is 3. The maximum absolute atomic E-state index is 12.3. The van der Waals surface area contributed by atoms with Gasteiger partial charge in [0, 0.05) is 18.3 Å². The molecule has 0 aromatic carbocycles. The maximum Gasteiger partial charge on any atom is 0.408 e. The van der Waals surface area contributed by atoms with E-state index in [1.165, 1.54) is 12.4 Å². The number of halogens is 3. The number of carbonyl (C=O) groups is 1. The van der Waals surface area contributed by atoms with Crippen molar-refractivity contribution >= 4 is 5.97 Å². The molecule has 1 atom stereocenters. The molecular weight excluding hydrogens is 287 g/mol. The fraction of sp³-hybridized carbons (Fsp3) is 0.692. The monoisotopic (exact) mass is 305 g/mol. The van der Waals surface area contributed by atoms with Gasteiger partial charge in [-0.3, -0.25) is 14.4 Å². The van der Waals surface area contributed by atoms with Crippen molar-refractivity contribution in [3.8, 4) is 0 Å². The lowest BCUT2D eigenvalue weighted by Crippen LogP contribution is -2.40. The largest absolute Gasteiger partial charge is 0.480 e. The van der Waals surface area contributed by atoms with Crippen LogP contribution in [0.2, 0.25) is 0 Å². The van der Waals surface area contributed by atoms with Crippen LogP contribution < -0.4 is 0 Å². The minimum atomic E-state index is -4.31. The average molecular weight is 305 g/mol. The Kier molecular flexibility index (Phi) is 4.87. The minimum absolute atomic E-state index is 0.314. The van der Waals surface area contributed by atoms with E-state index in [9.17, 15) is 23.1 Å². The van der Waals surface area contributed by atoms with Gasteiger partial charge in [0.25, 0.3) is 0 Å². The van der Waals surface area contributed by atoms with Crippen LogP contribution in [0.4, 0.5) is 13.2 Å². The lowest BCUT2D eigenvalue weighted by Gasteiger charge is -2.25. The van der Waals surface area contributed by atoms with Gasteiger partial charge in [0.2, 0.25) is 0 Å². The predicted octanol–water partition coefficient (Wildman–Crippen LogP) is 2.27. The molecule has 2 heterocycles. The van der Waals surface area contributed by atoms with Crippen LogP contribution in [0.3, 0.4) is 0 Å². The topological polar surface area (TPSA) is 58.4 Å². The summed E-state index contributed by atoms with van der Waals surface area (Å²) in [5, 5.41) is 12.9. The highest BCUT2D eigenvalue weighted by atomic mass is 19.4. The van der Waals surface area contributed by atoms with Crippen LogP contribution in [0.5, 0.6) is 0 Å². The molecule has 1 N–H and O–H groups in total. The van der Waals surface area contributed by atoms with Gasteiger partial charge in [0.1, 0.15) is 12.6 Å². The van der Waals surface area contributed by atoms with Crippen molar-refractivity contribution in [2.75, 3.05) is 6.54 Å². The molecule has 0 saturated carbocycles. The number of aromatic nitrogens is 2. The van der Waals surface area contributed by atoms with Crippen LogP contribution in [0, 0.1) is 0 Å². The predicted molar refractivity (Wildman–Crippen MR) is 68.6 cm³/mol. The molecule has 1 unspecified atom stereocenters. The van der Waals surface area contributed by atoms with Crippen molar-refractivity contribution in [2.24, 2.45) is 0 Å². The van der Waals surface area contributed by atoms with E-state index in [1.54, 1.807) is 0 Å². The summed E-state index contributed by atoms with van der Waals surface area (Å²) in [5.41, 5.74) is 0.604. The Labute approximate surface area is 120 Å². The zero-order chi connectivity index (χ0) is 15.5. The zero-order valence-corrected chi connectivity index (χ0v) is 11.5. The number of carboxylic acid groups (broad SMARTS) is 1. The smallest absolute Gasteiger partial charge is 0.408 e. The van der Waals surface area contributed by atoms with Gasteiger partial charge in [-0.1, -0.05) is 12.8 Å². The number of carboxylic acids is 1. The molecule has 8 heteroatoms. The van der Waals surface area contributed by atoms with Gasteiger partial charge in [-0.05, 0) is 19.4 Å². The van der Waals surface area contributed by atoms with Gasteiger partial charge in [-0.2, -0.15) is 18.3 Å². The Morgan fingerprint density at radius 1 is 1.38 bits per heavy atom. The first-order valence-corrected chi connectivity index (χ1v) is 6.90. The average Bonchev–Trinajstić information content (AvgIpc) is 2.64. The molecule has 118 valence electrons. The van der Waals surface area contributed by atoms with Crippen LogP contribution in [0.15, 0.2) is 12.4 Å². The first kappa shape index (κ1) is 15.8. The van der Waals surface area contributed by atoms with Crippen molar-refractivity contribution in [3.63, 3.8) is 0 Å². The van der Waals surface area contributed by atoms with E-state index in [2.05, 4.69) is 5.10 Å². The summed E-state index contributed by atoms with van der Waals surface area (Å²) in [6.07, 6.45) is 1.71. The third-order valence-electron chi connectivity index (χ3n) is 3.56. The van der Waals surface area contributed by atoms with Crippen LogP contribution >= 0.6 is 0 Å². The molecular formula is C13H18F3N3O2. The van der Waals surface area contributed by atoms with E-state index in [0.717, 1.165) is 23.9 Å². The first-order valence-electron chi connectivity index (χ1n) is 6.90. The second-order valence-electron chi connectivity index (χ2n) is 5.34. The van der Waals surface area contributed by atoms with Crippen LogP contribution in [0.1, 0.15) is 31.2 Å². The molecule has 1 aliphatic rings. The molecule has 0 spiro atoms. The third-order valence-corrected chi connectivity index (χ3v) is 3.56. The molecule has 0 amide bonds. The fourth-order valence-corrected chi connectivity index (χ4v) is 2.63. The molecule has 2 rings (SSSR count). The van der Waals surface area contributed by atoms with Gasteiger partial charge in [-0.15, -0.1) is 0 Å². The number of rotatable bonds is 4. The van der Waals surface area contributed by atoms with Crippen LogP contribution in [0.25, 0.3) is 0 Å². The quantitative estimate of drug-likeness (QED) is 0.927. The Balaban J connectivity index is 2.03. The summed E-state index contributed by atoms with van der Waals surface area (Å²) in [6.45, 7) is -0.175. The van der Waals surface area contributed by atoms with Crippen molar-refractivity contribution in [1.82, 2.24) is 14.7 Å². The fourth-order valence-electron chi connectivity index (χ4n) is 2.63. The molecule has 1 aliphatic heterocycles. The van der Waals surface area contributed by atoms with Gasteiger partial charge in [-0.25, -0.2) is 0 Å². The van der Waals surface area contributed by atoms with Crippen molar-refractivity contribution in [3.05, 3.63) is 18.0 Å². The Hall–Kier alpha value is -1.57. The van der Waals surface area contributed by atoms with Gasteiger partial charge < -0.3 is 5.11 Å². The molecule has 1 saturated heterocycles. The SMILES string of the molecule is O=C(O)C1CCCCCN1Cc1cnn(CC(F)(F)F)c1. The normalized spacial score (nSPS) is 21.2. The highest BCUT2D eigenvalue weighted by molar-refractivity contribution is 5.73. The van der Waals surface area contributed by atoms with Crippen molar-refractivity contribution in [1.29, 1.82) is 0 Å². The molecule has 1 aromatic rings. The highest BCUT2D eigenvalue weighted by Gasteiger charge is 2.29. The summed E-state index contributed by atoms with van der Waals surface area (Å²) < 4.78 is 37.7. The standard InChI is InChI=1S/C13H18F3N3O2/c14-13(15,16)9-19-8-10(6-17-19)7-18-5-3-1-2-4-11(18)12(20)21/h6,8,11H,1-5,7,9H2,(H,20,21). The summed E-state index contributed by atoms with van der Waals surface area (Å²) >= 11 is 0. The third kappa shape index (κ3) is 4.73. The van der Waals surface area contributed by atoms with Crippen LogP contribution in [-0.2, 0) is 17.9 Å². The van der Waals surface area contributed by atoms with Crippen molar-refractivity contribution in [2.45, 2.75) is 51.0 Å². The second kappa shape index (κ2) is 6.46. The Morgan fingerprint density at radius 2 is 2.14 bits per heavy atom. The molecule has 0 radical (unpaired) electrons. The number of hydrogen-bond donors (Lipinski definition) is 1. The summed E-state index contributed by atoms with van der Waals surface area (Å²) in [4.78, 5) is 13.1. The lowest BCUT2D eigenvalue weighted by molar-refractivity contribution is -0.144. The summed E-state index contributed by atoms with van der Waals surface area (Å²) in [6, 6.07) is -0.571. The summed E-state index contributed by atoms with van der Waals surface area (Å²) in [5.74, 6) is -0.875. The number of alkyl halides is 3. The molecule has 0 bridgehead atoms. The number of hydrogen-bond acceptors (Lipinski definition) is 3. The number of likely N-dealkylation sites (tertiary alicyclic amines) is 1. The first-order chi connectivity index (χ1) is 9.85. The van der Waals surface area contributed by atoms with Gasteiger partial charge >= 0.3 is 12.1 Å². The Morgan fingerprint density at radius 3 is 2.81 bits per heavy atom. The van der Waals surface area contributed by atoms with Crippen molar-refractivity contribution < 1.29 is 23.1 Å². The van der Waals surface area contributed by atoms with E-state index >= 15 is 0 Å². The number of aliphatic carboxylic acids is 1. The molecule has 1 fully saturated rings. The zero-order valence-electron chi connectivity index (χ0n) is 11.5. The van der Waals surface area contributed by atoms with E-state index in [-0.39, 0.29) is 0 Å². The van der Waals surface area contributed by atoms with E-state index < -0.39 is 24.7 Å². The molecule has 0 aliphatic carbocycles. The molecule has 1 aromatic heterocycles. The van der Waals surface area contributed by atoms with E-state index in [0.29, 0.717) is 25.1 Å².